The zero-order chi connectivity index (χ0) is 26.0. The summed E-state index contributed by atoms with van der Waals surface area (Å²) in [4.78, 5) is 25.5. The molecule has 0 bridgehead atoms. The van der Waals surface area contributed by atoms with Crippen LogP contribution in [-0.2, 0) is 5.41 Å². The van der Waals surface area contributed by atoms with Crippen molar-refractivity contribution in [1.29, 1.82) is 0 Å². The van der Waals surface area contributed by atoms with Crippen molar-refractivity contribution in [3.8, 4) is 17.2 Å². The van der Waals surface area contributed by atoms with E-state index in [2.05, 4.69) is 91.1 Å². The van der Waals surface area contributed by atoms with Gasteiger partial charge in [-0.15, -0.1) is 0 Å². The summed E-state index contributed by atoms with van der Waals surface area (Å²) >= 11 is 10.4. The van der Waals surface area contributed by atoms with Crippen molar-refractivity contribution in [1.82, 2.24) is 9.78 Å². The van der Waals surface area contributed by atoms with Crippen LogP contribution in [0.1, 0.15) is 43.1 Å². The fourth-order valence-corrected chi connectivity index (χ4v) is 6.20. The van der Waals surface area contributed by atoms with Gasteiger partial charge < -0.3 is 10.1 Å². The van der Waals surface area contributed by atoms with Gasteiger partial charge in [0.25, 0.3) is 11.5 Å². The van der Waals surface area contributed by atoms with Crippen LogP contribution in [0.2, 0.25) is 0 Å². The zero-order valence-corrected chi connectivity index (χ0v) is 24.6. The van der Waals surface area contributed by atoms with E-state index in [1.54, 1.807) is 24.3 Å². The average molecular weight is 678 g/mol. The molecule has 1 heterocycles. The van der Waals surface area contributed by atoms with Crippen LogP contribution in [0.15, 0.2) is 84.9 Å². The minimum atomic E-state index is -0.372. The highest BCUT2D eigenvalue weighted by molar-refractivity contribution is 9.11. The van der Waals surface area contributed by atoms with Crippen LogP contribution < -0.4 is 15.6 Å². The van der Waals surface area contributed by atoms with Crippen LogP contribution >= 0.6 is 47.8 Å². The van der Waals surface area contributed by atoms with Crippen molar-refractivity contribution in [3.63, 3.8) is 0 Å². The second kappa shape index (κ2) is 10.8. The van der Waals surface area contributed by atoms with E-state index in [4.69, 9.17) is 4.74 Å². The normalized spacial score (nSPS) is 11.4. The number of carbonyl (C=O) groups excluding carboxylic acids is 1. The SMILES string of the molecule is CCC(C)(C)c1ccc(Oc2cccc(C(=O)Nc3cc(=O)n(-c4c(Br)cc(Br)cc4Br)[nH]3)c2)cc1. The first-order valence-corrected chi connectivity index (χ1v) is 13.6. The Morgan fingerprint density at radius 1 is 0.972 bits per heavy atom. The number of anilines is 1. The van der Waals surface area contributed by atoms with Crippen molar-refractivity contribution in [2.24, 2.45) is 0 Å². The smallest absolute Gasteiger partial charge is 0.273 e. The Labute approximate surface area is 234 Å². The van der Waals surface area contributed by atoms with E-state index in [0.717, 1.165) is 10.9 Å². The largest absolute Gasteiger partial charge is 0.457 e. The molecule has 6 nitrogen and oxygen atoms in total. The lowest BCUT2D eigenvalue weighted by Crippen LogP contribution is -2.15. The van der Waals surface area contributed by atoms with Crippen molar-refractivity contribution >= 4 is 59.5 Å². The van der Waals surface area contributed by atoms with E-state index in [0.29, 0.717) is 31.7 Å². The highest BCUT2D eigenvalue weighted by Crippen LogP contribution is 2.32. The number of rotatable bonds is 7. The molecular weight excluding hydrogens is 654 g/mol. The number of benzene rings is 3. The summed E-state index contributed by atoms with van der Waals surface area (Å²) in [5.41, 5.74) is 2.01. The predicted octanol–water partition coefficient (Wildman–Crippen LogP) is 8.19. The average Bonchev–Trinajstić information content (AvgIpc) is 3.18. The van der Waals surface area contributed by atoms with Gasteiger partial charge >= 0.3 is 0 Å². The Morgan fingerprint density at radius 3 is 2.28 bits per heavy atom. The number of aromatic nitrogens is 2. The van der Waals surface area contributed by atoms with Gasteiger partial charge in [-0.1, -0.05) is 54.9 Å². The van der Waals surface area contributed by atoms with E-state index in [1.165, 1.54) is 16.3 Å². The molecule has 4 rings (SSSR count). The molecule has 3 aromatic carbocycles. The Hall–Kier alpha value is -2.62. The fraction of sp³-hybridized carbons (Fsp3) is 0.185. The second-order valence-electron chi connectivity index (χ2n) is 8.91. The molecule has 4 aromatic rings. The third-order valence-electron chi connectivity index (χ3n) is 6.03. The molecule has 186 valence electrons. The molecular formula is C27H24Br3N3O3. The van der Waals surface area contributed by atoms with Crippen molar-refractivity contribution < 1.29 is 9.53 Å². The molecule has 0 radical (unpaired) electrons. The van der Waals surface area contributed by atoms with Crippen LogP contribution in [0, 0.1) is 0 Å². The monoisotopic (exact) mass is 675 g/mol. The summed E-state index contributed by atoms with van der Waals surface area (Å²) in [5, 5.41) is 5.69. The first-order valence-electron chi connectivity index (χ1n) is 11.2. The van der Waals surface area contributed by atoms with Gasteiger partial charge in [0, 0.05) is 25.0 Å². The zero-order valence-electron chi connectivity index (χ0n) is 19.9. The first-order chi connectivity index (χ1) is 17.1. The topological polar surface area (TPSA) is 76.1 Å². The number of H-pyrrole nitrogens is 1. The summed E-state index contributed by atoms with van der Waals surface area (Å²) in [6.07, 6.45) is 1.04. The molecule has 36 heavy (non-hydrogen) atoms. The van der Waals surface area contributed by atoms with Gasteiger partial charge in [-0.3, -0.25) is 14.7 Å². The Kier molecular flexibility index (Phi) is 7.92. The van der Waals surface area contributed by atoms with Crippen molar-refractivity contribution in [2.75, 3.05) is 5.32 Å². The molecule has 1 aromatic heterocycles. The van der Waals surface area contributed by atoms with E-state index >= 15 is 0 Å². The number of nitrogens with zero attached hydrogens (tertiary/aromatic N) is 1. The fourth-order valence-electron chi connectivity index (χ4n) is 3.58. The number of hydrogen-bond acceptors (Lipinski definition) is 3. The van der Waals surface area contributed by atoms with Gasteiger partial charge in [0.15, 0.2) is 0 Å². The summed E-state index contributed by atoms with van der Waals surface area (Å²) in [5.74, 6) is 1.13. The first kappa shape index (κ1) is 26.4. The Morgan fingerprint density at radius 2 is 1.64 bits per heavy atom. The summed E-state index contributed by atoms with van der Waals surface area (Å²) in [6.45, 7) is 6.59. The van der Waals surface area contributed by atoms with Gasteiger partial charge in [-0.2, -0.15) is 0 Å². The maximum Gasteiger partial charge on any atom is 0.273 e. The maximum atomic E-state index is 12.9. The Balaban J connectivity index is 1.50. The summed E-state index contributed by atoms with van der Waals surface area (Å²) in [7, 11) is 0. The number of ether oxygens (including phenoxy) is 1. The standard InChI is InChI=1S/C27H24Br3N3O3/c1-4-27(2,3)17-8-10-19(11-9-17)36-20-7-5-6-16(12-20)26(35)31-23-15-24(34)33(32-23)25-21(29)13-18(28)14-22(25)30/h5-15,32H,4H2,1-3H3,(H,31,35). The van der Waals surface area contributed by atoms with Crippen LogP contribution in [0.25, 0.3) is 5.69 Å². The molecule has 0 aliphatic rings. The van der Waals surface area contributed by atoms with Gasteiger partial charge in [-0.05, 0) is 91.7 Å². The quantitative estimate of drug-likeness (QED) is 0.207. The number of aromatic amines is 1. The van der Waals surface area contributed by atoms with Crippen LogP contribution in [-0.4, -0.2) is 15.7 Å². The third-order valence-corrected chi connectivity index (χ3v) is 7.69. The van der Waals surface area contributed by atoms with Crippen LogP contribution in [0.4, 0.5) is 5.82 Å². The molecule has 1 amide bonds. The van der Waals surface area contributed by atoms with Gasteiger partial charge in [0.1, 0.15) is 17.3 Å². The molecule has 0 spiro atoms. The second-order valence-corrected chi connectivity index (χ2v) is 11.5. The summed E-state index contributed by atoms with van der Waals surface area (Å²) in [6, 6.07) is 19.9. The molecule has 0 aliphatic carbocycles. The maximum absolute atomic E-state index is 12.9. The highest BCUT2D eigenvalue weighted by atomic mass is 79.9. The number of halogens is 3. The molecule has 2 N–H and O–H groups in total. The molecule has 0 fully saturated rings. The summed E-state index contributed by atoms with van der Waals surface area (Å²) < 4.78 is 9.57. The van der Waals surface area contributed by atoms with E-state index in [9.17, 15) is 9.59 Å². The molecule has 9 heteroatoms. The Bertz CT molecular complexity index is 1450. The third kappa shape index (κ3) is 5.85. The molecule has 0 saturated carbocycles. The van der Waals surface area contributed by atoms with Crippen molar-refractivity contribution in [2.45, 2.75) is 32.6 Å². The highest BCUT2D eigenvalue weighted by Gasteiger charge is 2.18. The predicted molar refractivity (Wildman–Crippen MR) is 154 cm³/mol. The lowest BCUT2D eigenvalue weighted by atomic mass is 9.82. The van der Waals surface area contributed by atoms with Crippen LogP contribution in [0.3, 0.4) is 0 Å². The lowest BCUT2D eigenvalue weighted by Gasteiger charge is -2.23. The number of nitrogens with one attached hydrogen (secondary N) is 2. The lowest BCUT2D eigenvalue weighted by molar-refractivity contribution is 0.102. The molecule has 0 unspecified atom stereocenters. The van der Waals surface area contributed by atoms with Crippen molar-refractivity contribution in [3.05, 3.63) is 102 Å². The van der Waals surface area contributed by atoms with E-state index < -0.39 is 0 Å². The van der Waals surface area contributed by atoms with Gasteiger partial charge in [-0.25, -0.2) is 4.68 Å². The number of carbonyl (C=O) groups is 1. The number of amides is 1. The number of hydrogen-bond donors (Lipinski definition) is 2. The molecule has 0 atom stereocenters. The molecule has 0 aliphatic heterocycles. The van der Waals surface area contributed by atoms with Crippen LogP contribution in [0.5, 0.6) is 11.5 Å². The minimum Gasteiger partial charge on any atom is -0.457 e. The minimum absolute atomic E-state index is 0.0972. The van der Waals surface area contributed by atoms with Gasteiger partial charge in [0.2, 0.25) is 0 Å². The molecule has 0 saturated heterocycles. The van der Waals surface area contributed by atoms with Gasteiger partial charge in [0.05, 0.1) is 5.69 Å². The van der Waals surface area contributed by atoms with E-state index in [1.807, 2.05) is 24.3 Å². The van der Waals surface area contributed by atoms with E-state index in [-0.39, 0.29) is 22.7 Å².